The molecule has 0 atom stereocenters. The summed E-state index contributed by atoms with van der Waals surface area (Å²) in [5.41, 5.74) is 7.75. The first-order valence-electron chi connectivity index (χ1n) is 13.4. The van der Waals surface area contributed by atoms with E-state index in [4.69, 9.17) is 9.40 Å². The zero-order valence-electron chi connectivity index (χ0n) is 21.4. The SMILES string of the molecule is c1cnc2c(c1)ccc1cccc(-c3ccc4sc5ccc(-c6ccc7oc8ccccc8c7c6)cc5c4c3)c12. The maximum Gasteiger partial charge on any atom is 0.135 e. The molecule has 9 rings (SSSR count). The molecular formula is C37H21NOS. The van der Waals surface area contributed by atoms with Gasteiger partial charge < -0.3 is 4.42 Å². The Morgan fingerprint density at radius 1 is 0.500 bits per heavy atom. The second-order valence-corrected chi connectivity index (χ2v) is 11.5. The molecule has 0 spiro atoms. The van der Waals surface area contributed by atoms with Crippen molar-refractivity contribution < 1.29 is 4.42 Å². The number of furan rings is 1. The summed E-state index contributed by atoms with van der Waals surface area (Å²) >= 11 is 1.85. The second kappa shape index (κ2) is 8.25. The molecule has 0 fully saturated rings. The quantitative estimate of drug-likeness (QED) is 0.209. The summed E-state index contributed by atoms with van der Waals surface area (Å²) in [6.07, 6.45) is 1.89. The Morgan fingerprint density at radius 3 is 2.10 bits per heavy atom. The Morgan fingerprint density at radius 2 is 1.20 bits per heavy atom. The molecule has 0 bridgehead atoms. The van der Waals surface area contributed by atoms with Crippen molar-refractivity contribution in [2.75, 3.05) is 0 Å². The van der Waals surface area contributed by atoms with Gasteiger partial charge in [-0.05, 0) is 76.2 Å². The lowest BCUT2D eigenvalue weighted by atomic mass is 9.95. The van der Waals surface area contributed by atoms with Crippen LogP contribution < -0.4 is 0 Å². The molecule has 0 unspecified atom stereocenters. The number of rotatable bonds is 2. The van der Waals surface area contributed by atoms with E-state index in [0.29, 0.717) is 0 Å². The normalized spacial score (nSPS) is 12.0. The van der Waals surface area contributed by atoms with Gasteiger partial charge >= 0.3 is 0 Å². The number of fused-ring (bicyclic) bond motifs is 9. The number of thiophene rings is 1. The van der Waals surface area contributed by atoms with Crippen molar-refractivity contribution >= 4 is 75.1 Å². The van der Waals surface area contributed by atoms with Crippen LogP contribution in [-0.2, 0) is 0 Å². The third kappa shape index (κ3) is 3.19. The number of hydrogen-bond acceptors (Lipinski definition) is 3. The molecule has 3 heteroatoms. The van der Waals surface area contributed by atoms with E-state index in [0.717, 1.165) is 32.8 Å². The highest BCUT2D eigenvalue weighted by Gasteiger charge is 2.13. The molecule has 9 aromatic rings. The largest absolute Gasteiger partial charge is 0.456 e. The van der Waals surface area contributed by atoms with Gasteiger partial charge in [-0.3, -0.25) is 4.98 Å². The fraction of sp³-hybridized carbons (Fsp3) is 0. The van der Waals surface area contributed by atoms with E-state index in [-0.39, 0.29) is 0 Å². The predicted octanol–water partition coefficient (Wildman–Crippen LogP) is 11.0. The predicted molar refractivity (Wildman–Crippen MR) is 170 cm³/mol. The molecule has 0 radical (unpaired) electrons. The van der Waals surface area contributed by atoms with Crippen LogP contribution in [0.15, 0.2) is 132 Å². The molecule has 0 saturated heterocycles. The molecule has 2 nitrogen and oxygen atoms in total. The Hall–Kier alpha value is -4.99. The Kier molecular flexibility index (Phi) is 4.52. The van der Waals surface area contributed by atoms with Gasteiger partial charge in [-0.2, -0.15) is 0 Å². The van der Waals surface area contributed by atoms with Crippen LogP contribution in [0.4, 0.5) is 0 Å². The van der Waals surface area contributed by atoms with Gasteiger partial charge in [-0.1, -0.05) is 72.8 Å². The van der Waals surface area contributed by atoms with Crippen LogP contribution >= 0.6 is 11.3 Å². The molecule has 0 saturated carbocycles. The van der Waals surface area contributed by atoms with Crippen molar-refractivity contribution in [3.05, 3.63) is 128 Å². The Bertz CT molecular complexity index is 2450. The topological polar surface area (TPSA) is 26.0 Å². The summed E-state index contributed by atoms with van der Waals surface area (Å²) in [6, 6.07) is 43.6. The smallest absolute Gasteiger partial charge is 0.135 e. The van der Waals surface area contributed by atoms with Gasteiger partial charge in [-0.25, -0.2) is 0 Å². The van der Waals surface area contributed by atoms with E-state index in [1.165, 1.54) is 53.2 Å². The van der Waals surface area contributed by atoms with E-state index in [1.807, 2.05) is 35.7 Å². The van der Waals surface area contributed by atoms with Gasteiger partial charge in [0.25, 0.3) is 0 Å². The molecule has 0 aliphatic rings. The molecule has 0 amide bonds. The highest BCUT2D eigenvalue weighted by molar-refractivity contribution is 7.25. The third-order valence-corrected chi connectivity index (χ3v) is 9.26. The first-order chi connectivity index (χ1) is 19.8. The number of aromatic nitrogens is 1. The Balaban J connectivity index is 1.25. The minimum absolute atomic E-state index is 0.925. The lowest BCUT2D eigenvalue weighted by Gasteiger charge is -2.10. The molecule has 0 N–H and O–H groups in total. The summed E-state index contributed by atoms with van der Waals surface area (Å²) in [5, 5.41) is 8.48. The van der Waals surface area contributed by atoms with Crippen molar-refractivity contribution in [1.29, 1.82) is 0 Å². The summed E-state index contributed by atoms with van der Waals surface area (Å²) < 4.78 is 8.67. The van der Waals surface area contributed by atoms with Crippen molar-refractivity contribution in [3.63, 3.8) is 0 Å². The van der Waals surface area contributed by atoms with Gasteiger partial charge in [-0.15, -0.1) is 11.3 Å². The summed E-state index contributed by atoms with van der Waals surface area (Å²) in [4.78, 5) is 4.77. The average Bonchev–Trinajstić information content (AvgIpc) is 3.57. The fourth-order valence-electron chi connectivity index (χ4n) is 6.18. The molecule has 0 aliphatic carbocycles. The van der Waals surface area contributed by atoms with Gasteiger partial charge in [0.05, 0.1) is 5.52 Å². The molecule has 3 aromatic heterocycles. The summed E-state index contributed by atoms with van der Waals surface area (Å²) in [6.45, 7) is 0. The molecule has 6 aromatic carbocycles. The Labute approximate surface area is 233 Å². The van der Waals surface area contributed by atoms with Gasteiger partial charge in [0.1, 0.15) is 11.2 Å². The van der Waals surface area contributed by atoms with Crippen LogP contribution in [-0.4, -0.2) is 4.98 Å². The molecular weight excluding hydrogens is 506 g/mol. The molecule has 3 heterocycles. The number of hydrogen-bond donors (Lipinski definition) is 0. The molecule has 40 heavy (non-hydrogen) atoms. The van der Waals surface area contributed by atoms with Crippen LogP contribution in [0.25, 0.3) is 86.0 Å². The van der Waals surface area contributed by atoms with Gasteiger partial charge in [0.2, 0.25) is 0 Å². The molecule has 186 valence electrons. The minimum atomic E-state index is 0.925. The maximum atomic E-state index is 6.07. The van der Waals surface area contributed by atoms with Crippen LogP contribution in [0.2, 0.25) is 0 Å². The summed E-state index contributed by atoms with van der Waals surface area (Å²) in [5.74, 6) is 0. The van der Waals surface area contributed by atoms with Crippen molar-refractivity contribution in [2.45, 2.75) is 0 Å². The zero-order valence-corrected chi connectivity index (χ0v) is 22.2. The van der Waals surface area contributed by atoms with Gasteiger partial charge in [0, 0.05) is 47.9 Å². The van der Waals surface area contributed by atoms with Crippen molar-refractivity contribution in [2.24, 2.45) is 0 Å². The van der Waals surface area contributed by atoms with E-state index in [2.05, 4.69) is 103 Å². The summed E-state index contributed by atoms with van der Waals surface area (Å²) in [7, 11) is 0. The average molecular weight is 528 g/mol. The third-order valence-electron chi connectivity index (χ3n) is 8.11. The van der Waals surface area contributed by atoms with E-state index in [1.54, 1.807) is 0 Å². The maximum absolute atomic E-state index is 6.07. The zero-order chi connectivity index (χ0) is 26.2. The number of para-hydroxylation sites is 1. The molecule has 0 aliphatic heterocycles. The minimum Gasteiger partial charge on any atom is -0.456 e. The van der Waals surface area contributed by atoms with E-state index < -0.39 is 0 Å². The van der Waals surface area contributed by atoms with E-state index >= 15 is 0 Å². The second-order valence-electron chi connectivity index (χ2n) is 10.4. The van der Waals surface area contributed by atoms with Crippen molar-refractivity contribution in [1.82, 2.24) is 4.98 Å². The van der Waals surface area contributed by atoms with E-state index in [9.17, 15) is 0 Å². The number of pyridine rings is 1. The first kappa shape index (κ1) is 21.9. The van der Waals surface area contributed by atoms with Crippen LogP contribution in [0.5, 0.6) is 0 Å². The van der Waals surface area contributed by atoms with Gasteiger partial charge in [0.15, 0.2) is 0 Å². The first-order valence-corrected chi connectivity index (χ1v) is 14.3. The lowest BCUT2D eigenvalue weighted by molar-refractivity contribution is 0.669. The fourth-order valence-corrected chi connectivity index (χ4v) is 7.25. The highest BCUT2D eigenvalue weighted by Crippen LogP contribution is 2.41. The number of nitrogens with zero attached hydrogens (tertiary/aromatic N) is 1. The van der Waals surface area contributed by atoms with Crippen LogP contribution in [0, 0.1) is 0 Å². The number of benzene rings is 6. The monoisotopic (exact) mass is 527 g/mol. The highest BCUT2D eigenvalue weighted by atomic mass is 32.1. The van der Waals surface area contributed by atoms with Crippen molar-refractivity contribution in [3.8, 4) is 22.3 Å². The van der Waals surface area contributed by atoms with Crippen LogP contribution in [0.1, 0.15) is 0 Å². The van der Waals surface area contributed by atoms with Crippen LogP contribution in [0.3, 0.4) is 0 Å². The lowest BCUT2D eigenvalue weighted by Crippen LogP contribution is -1.86. The standard InChI is InChI=1S/C37H21NOS/c1-2-9-32-28(7-1)29-19-24(12-15-33(29)39-32)25-13-16-34-30(20-25)31-21-26(14-17-35(31)40-34)27-8-3-5-22-10-11-23-6-4-18-38-37(23)36(22)27/h1-21H.